The molecule has 0 radical (unpaired) electrons. The lowest BCUT2D eigenvalue weighted by molar-refractivity contribution is 0.0973. The molecule has 1 spiro atoms. The maximum absolute atomic E-state index is 14.3. The van der Waals surface area contributed by atoms with Gasteiger partial charge < -0.3 is 15.4 Å². The molecule has 2 aromatic rings. The van der Waals surface area contributed by atoms with Crippen molar-refractivity contribution in [3.8, 4) is 0 Å². The standard InChI is InChI=1S/C22H26FN5O2/c1-13-19(24)22(12-30-13)7-9-28(10-8-22)21-26-16-11-25-18(17(16)20(29)27(21)2)14-5-3-4-6-15(14)23/h3-6,13,19H,7-12,24H2,1-2H3/t13-,19+/m0/s1. The molecule has 0 saturated carbocycles. The lowest BCUT2D eigenvalue weighted by Crippen LogP contribution is -2.51. The number of aromatic nitrogens is 2. The van der Waals surface area contributed by atoms with Gasteiger partial charge >= 0.3 is 0 Å². The molecule has 0 bridgehead atoms. The van der Waals surface area contributed by atoms with Gasteiger partial charge in [-0.25, -0.2) is 9.37 Å². The molecular weight excluding hydrogens is 385 g/mol. The van der Waals surface area contributed by atoms with Gasteiger partial charge in [0.15, 0.2) is 0 Å². The first-order valence-electron chi connectivity index (χ1n) is 10.4. The van der Waals surface area contributed by atoms with Gasteiger partial charge in [0.1, 0.15) is 5.82 Å². The summed E-state index contributed by atoms with van der Waals surface area (Å²) < 4.78 is 21.7. The molecule has 1 aromatic heterocycles. The molecule has 0 aliphatic carbocycles. The maximum atomic E-state index is 14.3. The minimum Gasteiger partial charge on any atom is -0.376 e. The van der Waals surface area contributed by atoms with Crippen molar-refractivity contribution >= 4 is 11.7 Å². The number of benzene rings is 1. The highest BCUT2D eigenvalue weighted by molar-refractivity contribution is 6.14. The van der Waals surface area contributed by atoms with E-state index in [-0.39, 0.29) is 35.5 Å². The van der Waals surface area contributed by atoms with Crippen molar-refractivity contribution in [1.82, 2.24) is 9.55 Å². The van der Waals surface area contributed by atoms with Crippen LogP contribution in [0.5, 0.6) is 0 Å². The van der Waals surface area contributed by atoms with Crippen molar-refractivity contribution < 1.29 is 9.13 Å². The molecule has 5 rings (SSSR count). The van der Waals surface area contributed by atoms with Gasteiger partial charge in [0, 0.05) is 37.2 Å². The number of fused-ring (bicyclic) bond motifs is 1. The zero-order chi connectivity index (χ0) is 21.0. The second kappa shape index (κ2) is 6.99. The Kier molecular flexibility index (Phi) is 4.52. The van der Waals surface area contributed by atoms with Crippen molar-refractivity contribution in [2.45, 2.75) is 38.5 Å². The van der Waals surface area contributed by atoms with Crippen molar-refractivity contribution in [3.05, 3.63) is 57.3 Å². The first-order valence-corrected chi connectivity index (χ1v) is 10.4. The largest absolute Gasteiger partial charge is 0.376 e. The van der Waals surface area contributed by atoms with Gasteiger partial charge in [-0.3, -0.25) is 14.4 Å². The number of aliphatic imine (C=N–C) groups is 1. The number of nitrogens with two attached hydrogens (primary N) is 1. The third-order valence-electron chi connectivity index (χ3n) is 6.98. The van der Waals surface area contributed by atoms with Crippen LogP contribution in [0.15, 0.2) is 34.1 Å². The zero-order valence-corrected chi connectivity index (χ0v) is 17.3. The first-order chi connectivity index (χ1) is 14.4. The van der Waals surface area contributed by atoms with Crippen LogP contribution in [-0.2, 0) is 18.3 Å². The van der Waals surface area contributed by atoms with Crippen molar-refractivity contribution in [2.24, 2.45) is 23.2 Å². The van der Waals surface area contributed by atoms with E-state index in [1.807, 2.05) is 6.92 Å². The molecule has 2 N–H and O–H groups in total. The Hall–Kier alpha value is -2.58. The van der Waals surface area contributed by atoms with Crippen LogP contribution in [0, 0.1) is 11.2 Å². The van der Waals surface area contributed by atoms with Crippen molar-refractivity contribution in [1.29, 1.82) is 0 Å². The molecule has 2 atom stereocenters. The normalized spacial score (nSPS) is 24.9. The Morgan fingerprint density at radius 2 is 2.00 bits per heavy atom. The number of piperidine rings is 1. The summed E-state index contributed by atoms with van der Waals surface area (Å²) in [6, 6.07) is 6.43. The van der Waals surface area contributed by atoms with E-state index in [1.54, 1.807) is 29.8 Å². The van der Waals surface area contributed by atoms with E-state index >= 15 is 0 Å². The highest BCUT2D eigenvalue weighted by Crippen LogP contribution is 2.41. The number of hydrogen-bond acceptors (Lipinski definition) is 6. The third kappa shape index (κ3) is 2.81. The van der Waals surface area contributed by atoms with Gasteiger partial charge in [0.25, 0.3) is 5.56 Å². The summed E-state index contributed by atoms with van der Waals surface area (Å²) in [5, 5.41) is 0. The molecule has 4 heterocycles. The van der Waals surface area contributed by atoms with E-state index in [0.29, 0.717) is 35.1 Å². The van der Waals surface area contributed by atoms with Crippen LogP contribution in [0.1, 0.15) is 36.6 Å². The summed E-state index contributed by atoms with van der Waals surface area (Å²) in [4.78, 5) is 24.6. The van der Waals surface area contributed by atoms with Crippen molar-refractivity contribution in [2.75, 3.05) is 24.6 Å². The van der Waals surface area contributed by atoms with Crippen molar-refractivity contribution in [3.63, 3.8) is 0 Å². The van der Waals surface area contributed by atoms with Crippen LogP contribution in [0.2, 0.25) is 0 Å². The van der Waals surface area contributed by atoms with Gasteiger partial charge in [-0.05, 0) is 31.9 Å². The Balaban J connectivity index is 1.44. The Morgan fingerprint density at radius 1 is 1.27 bits per heavy atom. The smallest absolute Gasteiger partial charge is 0.264 e. The summed E-state index contributed by atoms with van der Waals surface area (Å²) in [5.74, 6) is 0.250. The number of rotatable bonds is 2. The highest BCUT2D eigenvalue weighted by Gasteiger charge is 2.48. The number of hydrogen-bond donors (Lipinski definition) is 1. The first kappa shape index (κ1) is 19.4. The topological polar surface area (TPSA) is 85.7 Å². The van der Waals surface area contributed by atoms with Gasteiger partial charge in [-0.15, -0.1) is 0 Å². The molecule has 1 aromatic carbocycles. The second-order valence-corrected chi connectivity index (χ2v) is 8.63. The third-order valence-corrected chi connectivity index (χ3v) is 6.98. The Labute approximate surface area is 174 Å². The molecule has 2 saturated heterocycles. The fraction of sp³-hybridized carbons (Fsp3) is 0.500. The Morgan fingerprint density at radius 3 is 2.67 bits per heavy atom. The second-order valence-electron chi connectivity index (χ2n) is 8.63. The predicted molar refractivity (Wildman–Crippen MR) is 112 cm³/mol. The summed E-state index contributed by atoms with van der Waals surface area (Å²) in [6.45, 7) is 4.55. The molecule has 158 valence electrons. The highest BCUT2D eigenvalue weighted by atomic mass is 19.1. The molecule has 2 fully saturated rings. The zero-order valence-electron chi connectivity index (χ0n) is 17.3. The van der Waals surface area contributed by atoms with Crippen LogP contribution < -0.4 is 16.2 Å². The number of anilines is 1. The van der Waals surface area contributed by atoms with Crippen LogP contribution in [0.4, 0.5) is 10.3 Å². The SMILES string of the molecule is C[C@@H]1OCC2(CCN(c3nc4c(c(=O)n3C)C(c3ccccc3F)=NC4)CC2)[C@@H]1N. The summed E-state index contributed by atoms with van der Waals surface area (Å²) >= 11 is 0. The Bertz CT molecular complexity index is 1090. The quantitative estimate of drug-likeness (QED) is 0.811. The molecular formula is C22H26FN5O2. The van der Waals surface area contributed by atoms with Crippen LogP contribution >= 0.6 is 0 Å². The molecule has 3 aliphatic heterocycles. The minimum atomic E-state index is -0.388. The minimum absolute atomic E-state index is 0.00657. The molecule has 0 amide bonds. The average Bonchev–Trinajstić information content (AvgIpc) is 3.29. The van der Waals surface area contributed by atoms with Gasteiger partial charge in [-0.1, -0.05) is 12.1 Å². The maximum Gasteiger partial charge on any atom is 0.264 e. The molecule has 8 heteroatoms. The fourth-order valence-corrected chi connectivity index (χ4v) is 5.00. The van der Waals surface area contributed by atoms with Crippen LogP contribution in [0.25, 0.3) is 0 Å². The van der Waals surface area contributed by atoms with Crippen LogP contribution in [0.3, 0.4) is 0 Å². The average molecular weight is 411 g/mol. The van der Waals surface area contributed by atoms with Gasteiger partial charge in [-0.2, -0.15) is 0 Å². The van der Waals surface area contributed by atoms with E-state index in [4.69, 9.17) is 15.5 Å². The van der Waals surface area contributed by atoms with E-state index in [1.165, 1.54) is 6.07 Å². The summed E-state index contributed by atoms with van der Waals surface area (Å²) in [7, 11) is 1.72. The lowest BCUT2D eigenvalue weighted by Gasteiger charge is -2.41. The number of ether oxygens (including phenoxy) is 1. The van der Waals surface area contributed by atoms with Gasteiger partial charge in [0.05, 0.1) is 36.2 Å². The lowest BCUT2D eigenvalue weighted by atomic mass is 9.73. The molecule has 3 aliphatic rings. The van der Waals surface area contributed by atoms with E-state index in [2.05, 4.69) is 9.89 Å². The summed E-state index contributed by atoms with van der Waals surface area (Å²) in [6.07, 6.45) is 1.89. The van der Waals surface area contributed by atoms with E-state index in [9.17, 15) is 9.18 Å². The molecule has 0 unspecified atom stereocenters. The number of halogens is 1. The number of nitrogens with zero attached hydrogens (tertiary/aromatic N) is 4. The summed E-state index contributed by atoms with van der Waals surface area (Å²) in [5.41, 5.74) is 7.99. The fourth-order valence-electron chi connectivity index (χ4n) is 5.00. The van der Waals surface area contributed by atoms with Crippen LogP contribution in [-0.4, -0.2) is 47.1 Å². The van der Waals surface area contributed by atoms with E-state index in [0.717, 1.165) is 25.9 Å². The predicted octanol–water partition coefficient (Wildman–Crippen LogP) is 1.60. The molecule has 7 nitrogen and oxygen atoms in total. The van der Waals surface area contributed by atoms with Gasteiger partial charge in [0.2, 0.25) is 5.95 Å². The van der Waals surface area contributed by atoms with E-state index < -0.39 is 0 Å². The monoisotopic (exact) mass is 411 g/mol. The molecule has 30 heavy (non-hydrogen) atoms.